The van der Waals surface area contributed by atoms with Gasteiger partial charge in [0.05, 0.1) is 0 Å². The molecule has 4 nitrogen and oxygen atoms in total. The molecule has 0 atom stereocenters. The second kappa shape index (κ2) is 13.5. The number of hydroxylamine groups is 4. The summed E-state index contributed by atoms with van der Waals surface area (Å²) in [5, 5.41) is 17.9. The van der Waals surface area contributed by atoms with Crippen LogP contribution in [-0.2, 0) is 32.7 Å². The molecular formula is C6H16N2O2Y+. The van der Waals surface area contributed by atoms with Gasteiger partial charge in [-0.1, -0.05) is 13.8 Å². The van der Waals surface area contributed by atoms with Crippen LogP contribution in [0.15, 0.2) is 0 Å². The molecule has 0 aromatic rings. The van der Waals surface area contributed by atoms with E-state index in [4.69, 9.17) is 10.4 Å². The van der Waals surface area contributed by atoms with Gasteiger partial charge in [-0.2, -0.15) is 0 Å². The standard InChI is InChI=1S/2C3H8NO.Y/c2*1-3-4(2)5;/h2*5H,2-3H2,1H3;/q2*-1;+3. The summed E-state index contributed by atoms with van der Waals surface area (Å²) >= 11 is 0. The van der Waals surface area contributed by atoms with Crippen molar-refractivity contribution in [2.24, 2.45) is 0 Å². The van der Waals surface area contributed by atoms with Crippen molar-refractivity contribution >= 4 is 0 Å². The van der Waals surface area contributed by atoms with Gasteiger partial charge in [-0.05, 0) is 13.1 Å². The Labute approximate surface area is 94.0 Å². The van der Waals surface area contributed by atoms with Crippen LogP contribution >= 0.6 is 0 Å². The van der Waals surface area contributed by atoms with Crippen LogP contribution in [0.4, 0.5) is 0 Å². The zero-order valence-corrected chi connectivity index (χ0v) is 10.0. The first-order valence-corrected chi connectivity index (χ1v) is 3.08. The van der Waals surface area contributed by atoms with Gasteiger partial charge in [-0.3, -0.25) is 14.1 Å². The summed E-state index contributed by atoms with van der Waals surface area (Å²) in [4.78, 5) is 0. The van der Waals surface area contributed by atoms with E-state index in [0.29, 0.717) is 13.1 Å². The SMILES string of the molecule is [CH2-]N(O)CC.[CH2-]N(O)CC.[Y+3]. The molecule has 0 saturated carbocycles. The molecule has 0 aromatic heterocycles. The van der Waals surface area contributed by atoms with Gasteiger partial charge < -0.3 is 20.5 Å². The van der Waals surface area contributed by atoms with Crippen molar-refractivity contribution in [3.8, 4) is 0 Å². The maximum absolute atomic E-state index is 8.08. The van der Waals surface area contributed by atoms with E-state index < -0.39 is 0 Å². The third kappa shape index (κ3) is 35.8. The third-order valence-corrected chi connectivity index (χ3v) is 0.730. The smallest absolute Gasteiger partial charge is 0.345 e. The molecule has 11 heavy (non-hydrogen) atoms. The van der Waals surface area contributed by atoms with Gasteiger partial charge in [0.25, 0.3) is 0 Å². The normalized spacial score (nSPS) is 8.73. The van der Waals surface area contributed by atoms with Crippen molar-refractivity contribution in [2.45, 2.75) is 13.8 Å². The van der Waals surface area contributed by atoms with Crippen molar-refractivity contribution in [3.05, 3.63) is 14.1 Å². The average molecular weight is 237 g/mol. The number of nitrogens with zero attached hydrogens (tertiary/aromatic N) is 2. The second-order valence-electron chi connectivity index (χ2n) is 1.65. The fourth-order valence-electron chi connectivity index (χ4n) is 0. The van der Waals surface area contributed by atoms with E-state index in [1.807, 2.05) is 13.8 Å². The van der Waals surface area contributed by atoms with Crippen LogP contribution in [0.25, 0.3) is 0 Å². The molecule has 0 aromatic carbocycles. The Morgan fingerprint density at radius 1 is 1.00 bits per heavy atom. The van der Waals surface area contributed by atoms with Gasteiger partial charge in [0.15, 0.2) is 0 Å². The molecule has 0 rings (SSSR count). The van der Waals surface area contributed by atoms with Crippen LogP contribution in [0.2, 0.25) is 0 Å². The Balaban J connectivity index is -0.000000107. The quantitative estimate of drug-likeness (QED) is 0.555. The molecule has 0 fully saturated rings. The van der Waals surface area contributed by atoms with Crippen LogP contribution < -0.4 is 0 Å². The van der Waals surface area contributed by atoms with Crippen molar-refractivity contribution < 1.29 is 43.1 Å². The van der Waals surface area contributed by atoms with Gasteiger partial charge in [-0.25, -0.2) is 0 Å². The molecule has 0 unspecified atom stereocenters. The average Bonchev–Trinajstić information content (AvgIpc) is 1.89. The molecule has 0 aliphatic heterocycles. The molecule has 2 N–H and O–H groups in total. The zero-order valence-electron chi connectivity index (χ0n) is 7.19. The summed E-state index contributed by atoms with van der Waals surface area (Å²) in [6, 6.07) is 0. The monoisotopic (exact) mass is 237 g/mol. The van der Waals surface area contributed by atoms with E-state index in [1.54, 1.807) is 0 Å². The number of rotatable bonds is 2. The maximum Gasteiger partial charge on any atom is 3.00 e. The van der Waals surface area contributed by atoms with Gasteiger partial charge in [-0.15, -0.1) is 0 Å². The first kappa shape index (κ1) is 17.9. The van der Waals surface area contributed by atoms with Gasteiger partial charge in [0.2, 0.25) is 0 Å². The minimum atomic E-state index is 0. The van der Waals surface area contributed by atoms with Crippen LogP contribution in [-0.4, -0.2) is 33.6 Å². The van der Waals surface area contributed by atoms with Crippen molar-refractivity contribution in [3.63, 3.8) is 0 Å². The predicted molar refractivity (Wildman–Crippen MR) is 39.0 cm³/mol. The fourth-order valence-corrected chi connectivity index (χ4v) is 0. The maximum atomic E-state index is 8.08. The van der Waals surface area contributed by atoms with Gasteiger partial charge >= 0.3 is 32.7 Å². The largest absolute Gasteiger partial charge is 3.00 e. The summed E-state index contributed by atoms with van der Waals surface area (Å²) < 4.78 is 0. The summed E-state index contributed by atoms with van der Waals surface area (Å²) in [5.74, 6) is 0. The minimum absolute atomic E-state index is 0. The first-order valence-electron chi connectivity index (χ1n) is 3.08. The Kier molecular flexibility index (Phi) is 22.0. The number of hydrogen-bond donors (Lipinski definition) is 2. The Morgan fingerprint density at radius 2 is 1.09 bits per heavy atom. The zero-order chi connectivity index (χ0) is 8.57. The van der Waals surface area contributed by atoms with E-state index in [9.17, 15) is 0 Å². The molecule has 0 heterocycles. The van der Waals surface area contributed by atoms with E-state index in [-0.39, 0.29) is 32.7 Å². The molecular weight excluding hydrogens is 221 g/mol. The topological polar surface area (TPSA) is 46.9 Å². The molecule has 64 valence electrons. The third-order valence-electron chi connectivity index (χ3n) is 0.730. The molecule has 0 amide bonds. The summed E-state index contributed by atoms with van der Waals surface area (Å²) in [5.41, 5.74) is 0. The summed E-state index contributed by atoms with van der Waals surface area (Å²) in [6.45, 7) is 4.79. The van der Waals surface area contributed by atoms with Crippen molar-refractivity contribution in [1.82, 2.24) is 10.1 Å². The molecule has 0 bridgehead atoms. The molecule has 0 saturated heterocycles. The first-order chi connectivity index (χ1) is 4.54. The molecule has 0 spiro atoms. The van der Waals surface area contributed by atoms with E-state index in [1.165, 1.54) is 0 Å². The van der Waals surface area contributed by atoms with Crippen LogP contribution in [0, 0.1) is 14.1 Å². The second-order valence-corrected chi connectivity index (χ2v) is 1.65. The van der Waals surface area contributed by atoms with E-state index >= 15 is 0 Å². The van der Waals surface area contributed by atoms with Crippen LogP contribution in [0.1, 0.15) is 13.8 Å². The van der Waals surface area contributed by atoms with Gasteiger partial charge in [0.1, 0.15) is 0 Å². The minimum Gasteiger partial charge on any atom is -0.345 e. The van der Waals surface area contributed by atoms with Crippen LogP contribution in [0.5, 0.6) is 0 Å². The van der Waals surface area contributed by atoms with Crippen LogP contribution in [0.3, 0.4) is 0 Å². The summed E-state index contributed by atoms with van der Waals surface area (Å²) in [7, 11) is 6.29. The molecule has 0 radical (unpaired) electrons. The van der Waals surface area contributed by atoms with Crippen molar-refractivity contribution in [1.29, 1.82) is 0 Å². The fraction of sp³-hybridized carbons (Fsp3) is 0.667. The molecule has 0 aliphatic carbocycles. The predicted octanol–water partition coefficient (Wildman–Crippen LogP) is 0.976. The van der Waals surface area contributed by atoms with E-state index in [0.717, 1.165) is 10.1 Å². The number of hydrogen-bond acceptors (Lipinski definition) is 4. The van der Waals surface area contributed by atoms with Crippen molar-refractivity contribution in [2.75, 3.05) is 13.1 Å². The molecule has 5 heteroatoms. The van der Waals surface area contributed by atoms with Gasteiger partial charge in [0, 0.05) is 0 Å². The summed E-state index contributed by atoms with van der Waals surface area (Å²) in [6.07, 6.45) is 0. The Bertz CT molecular complexity index is 54.5. The molecule has 0 aliphatic rings. The van der Waals surface area contributed by atoms with E-state index in [2.05, 4.69) is 14.1 Å². The Morgan fingerprint density at radius 3 is 1.09 bits per heavy atom. The Hall–Kier alpha value is 0.944.